The number of hydrogen-bond donors (Lipinski definition) is 2. The monoisotopic (exact) mass is 567 g/mol. The number of nitrogens with zero attached hydrogens (tertiary/aromatic N) is 5. The van der Waals surface area contributed by atoms with Crippen LogP contribution in [0, 0.1) is 20.8 Å². The summed E-state index contributed by atoms with van der Waals surface area (Å²) in [7, 11) is 0. The molecule has 2 N–H and O–H groups in total. The van der Waals surface area contributed by atoms with Gasteiger partial charge in [0.2, 0.25) is 5.95 Å². The smallest absolute Gasteiger partial charge is 0.274 e. The van der Waals surface area contributed by atoms with Crippen LogP contribution in [0.5, 0.6) is 0 Å². The minimum absolute atomic E-state index is 0.257. The van der Waals surface area contributed by atoms with Crippen molar-refractivity contribution in [1.82, 2.24) is 20.3 Å². The van der Waals surface area contributed by atoms with E-state index in [-0.39, 0.29) is 11.8 Å². The summed E-state index contributed by atoms with van der Waals surface area (Å²) in [6, 6.07) is 15.4. The van der Waals surface area contributed by atoms with Gasteiger partial charge in [0.15, 0.2) is 0 Å². The van der Waals surface area contributed by atoms with Crippen molar-refractivity contribution in [3.8, 4) is 0 Å². The van der Waals surface area contributed by atoms with Gasteiger partial charge in [-0.05, 0) is 72.2 Å². The molecule has 3 heterocycles. The molecule has 1 fully saturated rings. The van der Waals surface area contributed by atoms with Gasteiger partial charge in [0.05, 0.1) is 11.8 Å². The molecule has 10 heteroatoms. The van der Waals surface area contributed by atoms with E-state index < -0.39 is 0 Å². The third-order valence-electron chi connectivity index (χ3n) is 7.14. The first-order valence-corrected chi connectivity index (χ1v) is 14.4. The topological polar surface area (TPSA) is 103 Å². The Morgan fingerprint density at radius 1 is 0.927 bits per heavy atom. The standard InChI is InChI=1S/C31H33N7O2S/c1-21-8-9-24(16-22(21)2)18-34-36-29(40)27-23(3)20-41-30(27)35-28(39)26-7-4-6-25(17-26)19-37-12-14-38(15-13-37)31-32-10-5-11-33-31/h4-11,16-18,20H,12-15,19H2,1-3H3,(H,35,39)(H,36,40). The fraction of sp³-hybridized carbons (Fsp3) is 0.258. The van der Waals surface area contributed by atoms with E-state index in [0.717, 1.165) is 60.9 Å². The number of hydrogen-bond acceptors (Lipinski definition) is 8. The Morgan fingerprint density at radius 2 is 1.71 bits per heavy atom. The van der Waals surface area contributed by atoms with E-state index in [1.807, 2.05) is 68.6 Å². The number of carbonyl (C=O) groups excluding carboxylic acids is 2. The summed E-state index contributed by atoms with van der Waals surface area (Å²) in [5, 5.41) is 9.42. The average molecular weight is 568 g/mol. The van der Waals surface area contributed by atoms with E-state index in [0.29, 0.717) is 16.1 Å². The van der Waals surface area contributed by atoms with Crippen LogP contribution < -0.4 is 15.6 Å². The van der Waals surface area contributed by atoms with Crippen molar-refractivity contribution >= 4 is 40.3 Å². The second kappa shape index (κ2) is 12.8. The molecule has 0 radical (unpaired) electrons. The van der Waals surface area contributed by atoms with Gasteiger partial charge in [-0.3, -0.25) is 14.5 Å². The first-order valence-electron chi connectivity index (χ1n) is 13.5. The molecule has 5 rings (SSSR count). The lowest BCUT2D eigenvalue weighted by molar-refractivity contribution is 0.0956. The lowest BCUT2D eigenvalue weighted by Gasteiger charge is -2.34. The molecule has 1 aliphatic rings. The van der Waals surface area contributed by atoms with E-state index in [1.54, 1.807) is 24.7 Å². The van der Waals surface area contributed by atoms with Crippen molar-refractivity contribution in [3.63, 3.8) is 0 Å². The van der Waals surface area contributed by atoms with Crippen LogP contribution >= 0.6 is 11.3 Å². The molecule has 0 bridgehead atoms. The number of amides is 2. The summed E-state index contributed by atoms with van der Waals surface area (Å²) in [4.78, 5) is 39.4. The number of carbonyl (C=O) groups is 2. The zero-order valence-electron chi connectivity index (χ0n) is 23.4. The molecule has 0 aliphatic carbocycles. The van der Waals surface area contributed by atoms with Crippen molar-refractivity contribution in [2.24, 2.45) is 5.10 Å². The largest absolute Gasteiger partial charge is 0.338 e. The van der Waals surface area contributed by atoms with Gasteiger partial charge in [-0.25, -0.2) is 15.4 Å². The molecule has 210 valence electrons. The summed E-state index contributed by atoms with van der Waals surface area (Å²) in [6.45, 7) is 10.1. The van der Waals surface area contributed by atoms with Gasteiger partial charge < -0.3 is 10.2 Å². The highest BCUT2D eigenvalue weighted by molar-refractivity contribution is 7.15. The van der Waals surface area contributed by atoms with Gasteiger partial charge >= 0.3 is 0 Å². The molecular weight excluding hydrogens is 534 g/mol. The maximum Gasteiger partial charge on any atom is 0.274 e. The Kier molecular flexibility index (Phi) is 8.81. The average Bonchev–Trinajstić information content (AvgIpc) is 3.35. The molecule has 2 aromatic carbocycles. The molecule has 0 atom stereocenters. The zero-order chi connectivity index (χ0) is 28.8. The van der Waals surface area contributed by atoms with Crippen molar-refractivity contribution < 1.29 is 9.59 Å². The molecule has 1 saturated heterocycles. The van der Waals surface area contributed by atoms with E-state index in [9.17, 15) is 9.59 Å². The molecular formula is C31H33N7O2S. The normalized spacial score (nSPS) is 13.9. The summed E-state index contributed by atoms with van der Waals surface area (Å²) in [5.74, 6) is 0.135. The number of piperazine rings is 1. The summed E-state index contributed by atoms with van der Waals surface area (Å²) in [5.41, 5.74) is 8.65. The first kappa shape index (κ1) is 28.1. The van der Waals surface area contributed by atoms with Crippen LogP contribution in [0.25, 0.3) is 0 Å². The van der Waals surface area contributed by atoms with Crippen LogP contribution in [0.3, 0.4) is 0 Å². The fourth-order valence-corrected chi connectivity index (χ4v) is 5.63. The molecule has 0 spiro atoms. The molecule has 2 amide bonds. The number of aryl methyl sites for hydroxylation is 3. The predicted molar refractivity (Wildman–Crippen MR) is 164 cm³/mol. The fourth-order valence-electron chi connectivity index (χ4n) is 4.69. The van der Waals surface area contributed by atoms with Crippen molar-refractivity contribution in [2.45, 2.75) is 27.3 Å². The number of thiophene rings is 1. The summed E-state index contributed by atoms with van der Waals surface area (Å²) in [6.07, 6.45) is 5.14. The van der Waals surface area contributed by atoms with Gasteiger partial charge in [0.1, 0.15) is 5.00 Å². The van der Waals surface area contributed by atoms with Gasteiger partial charge in [-0.1, -0.05) is 30.3 Å². The minimum Gasteiger partial charge on any atom is -0.338 e. The molecule has 1 aliphatic heterocycles. The van der Waals surface area contributed by atoms with Gasteiger partial charge in [0.25, 0.3) is 11.8 Å². The number of hydrazone groups is 1. The van der Waals surface area contributed by atoms with Crippen LogP contribution in [0.4, 0.5) is 10.9 Å². The van der Waals surface area contributed by atoms with Crippen molar-refractivity contribution in [2.75, 3.05) is 36.4 Å². The maximum absolute atomic E-state index is 13.2. The van der Waals surface area contributed by atoms with E-state index in [1.165, 1.54) is 16.9 Å². The molecule has 0 saturated carbocycles. The Labute approximate surface area is 243 Å². The van der Waals surface area contributed by atoms with Crippen LogP contribution in [0.15, 0.2) is 71.4 Å². The highest BCUT2D eigenvalue weighted by Crippen LogP contribution is 2.28. The van der Waals surface area contributed by atoms with Crippen LogP contribution in [-0.4, -0.2) is 59.1 Å². The second-order valence-electron chi connectivity index (χ2n) is 10.1. The highest BCUT2D eigenvalue weighted by atomic mass is 32.1. The number of aromatic nitrogens is 2. The number of benzene rings is 2. The van der Waals surface area contributed by atoms with Crippen LogP contribution in [-0.2, 0) is 6.54 Å². The molecule has 2 aromatic heterocycles. The summed E-state index contributed by atoms with van der Waals surface area (Å²) >= 11 is 1.32. The molecule has 4 aromatic rings. The second-order valence-corrected chi connectivity index (χ2v) is 11.0. The molecule has 9 nitrogen and oxygen atoms in total. The molecule has 0 unspecified atom stereocenters. The number of nitrogens with one attached hydrogen (secondary N) is 2. The quantitative estimate of drug-likeness (QED) is 0.234. The number of anilines is 2. The minimum atomic E-state index is -0.368. The predicted octanol–water partition coefficient (Wildman–Crippen LogP) is 4.80. The van der Waals surface area contributed by atoms with Crippen molar-refractivity contribution in [3.05, 3.63) is 105 Å². The number of rotatable bonds is 8. The van der Waals surface area contributed by atoms with Crippen LogP contribution in [0.1, 0.15) is 48.5 Å². The van der Waals surface area contributed by atoms with Crippen molar-refractivity contribution in [1.29, 1.82) is 0 Å². The zero-order valence-corrected chi connectivity index (χ0v) is 24.2. The Morgan fingerprint density at radius 3 is 2.46 bits per heavy atom. The van der Waals surface area contributed by atoms with E-state index in [2.05, 4.69) is 35.6 Å². The lowest BCUT2D eigenvalue weighted by Crippen LogP contribution is -2.46. The summed E-state index contributed by atoms with van der Waals surface area (Å²) < 4.78 is 0. The Bertz CT molecular complexity index is 1560. The maximum atomic E-state index is 13.2. The Balaban J connectivity index is 1.19. The molecule has 41 heavy (non-hydrogen) atoms. The van der Waals surface area contributed by atoms with Gasteiger partial charge in [-0.2, -0.15) is 5.10 Å². The third kappa shape index (κ3) is 7.03. The lowest BCUT2D eigenvalue weighted by atomic mass is 10.1. The van der Waals surface area contributed by atoms with Gasteiger partial charge in [-0.15, -0.1) is 11.3 Å². The SMILES string of the molecule is Cc1ccc(C=NNC(=O)c2c(C)csc2NC(=O)c2cccc(CN3CCN(c4ncccn4)CC3)c2)cc1C. The third-order valence-corrected chi connectivity index (χ3v) is 8.16. The van der Waals surface area contributed by atoms with Crippen LogP contribution in [0.2, 0.25) is 0 Å². The van der Waals surface area contributed by atoms with E-state index in [4.69, 9.17) is 0 Å². The van der Waals surface area contributed by atoms with Gasteiger partial charge in [0, 0.05) is 50.7 Å². The Hall–Kier alpha value is -4.41. The highest BCUT2D eigenvalue weighted by Gasteiger charge is 2.21. The van der Waals surface area contributed by atoms with E-state index >= 15 is 0 Å². The first-order chi connectivity index (χ1) is 19.9.